The second kappa shape index (κ2) is 5.86. The molecule has 1 unspecified atom stereocenters. The summed E-state index contributed by atoms with van der Waals surface area (Å²) in [6, 6.07) is 0.0955. The summed E-state index contributed by atoms with van der Waals surface area (Å²) in [5.74, 6) is 0.0672. The van der Waals surface area contributed by atoms with E-state index < -0.39 is 10.0 Å². The zero-order valence-corrected chi connectivity index (χ0v) is 11.9. The van der Waals surface area contributed by atoms with Gasteiger partial charge in [-0.25, -0.2) is 13.1 Å². The molecule has 2 fully saturated rings. The molecule has 0 radical (unpaired) electrons. The minimum Gasteiger partial charge on any atom is -0.381 e. The van der Waals surface area contributed by atoms with E-state index in [0.29, 0.717) is 6.61 Å². The van der Waals surface area contributed by atoms with Crippen molar-refractivity contribution in [2.45, 2.75) is 50.6 Å². The molecule has 1 aliphatic carbocycles. The number of piperidine rings is 1. The Hall–Kier alpha value is -0.170. The Bertz CT molecular complexity index is 366. The molecule has 0 aromatic rings. The lowest BCUT2D eigenvalue weighted by molar-refractivity contribution is 0.126. The van der Waals surface area contributed by atoms with Gasteiger partial charge in [0.15, 0.2) is 0 Å². The van der Waals surface area contributed by atoms with Gasteiger partial charge in [0.25, 0.3) is 0 Å². The summed E-state index contributed by atoms with van der Waals surface area (Å²) < 4.78 is 31.7. The van der Waals surface area contributed by atoms with Gasteiger partial charge in [-0.15, -0.1) is 0 Å². The van der Waals surface area contributed by atoms with Crippen LogP contribution >= 0.6 is 0 Å². The number of ether oxygens (including phenoxy) is 1. The van der Waals surface area contributed by atoms with Crippen molar-refractivity contribution in [2.75, 3.05) is 25.5 Å². The van der Waals surface area contributed by atoms with Crippen LogP contribution in [0.3, 0.4) is 0 Å². The molecule has 2 aliphatic rings. The number of rotatable bonds is 6. The van der Waals surface area contributed by atoms with E-state index >= 15 is 0 Å². The standard InChI is InChI=1S/C12H24N2O3S/c1-2-17-8-9-18(15,16)14-11-4-7-13-12(10-11)5-3-6-12/h11,13-14H,2-10H2,1H3. The molecule has 0 amide bonds. The van der Waals surface area contributed by atoms with E-state index in [2.05, 4.69) is 10.0 Å². The second-order valence-corrected chi connectivity index (χ2v) is 7.26. The molecule has 1 saturated heterocycles. The van der Waals surface area contributed by atoms with Crippen LogP contribution in [-0.2, 0) is 14.8 Å². The molecule has 0 aromatic heterocycles. The Morgan fingerprint density at radius 2 is 2.22 bits per heavy atom. The van der Waals surface area contributed by atoms with E-state index in [-0.39, 0.29) is 23.9 Å². The lowest BCUT2D eigenvalue weighted by Crippen LogP contribution is -2.59. The molecule has 6 heteroatoms. The molecule has 1 aliphatic heterocycles. The van der Waals surface area contributed by atoms with Crippen molar-refractivity contribution in [2.24, 2.45) is 0 Å². The summed E-state index contributed by atoms with van der Waals surface area (Å²) in [4.78, 5) is 0. The highest BCUT2D eigenvalue weighted by atomic mass is 32.2. The van der Waals surface area contributed by atoms with E-state index in [0.717, 1.165) is 19.4 Å². The smallest absolute Gasteiger partial charge is 0.214 e. The van der Waals surface area contributed by atoms with Gasteiger partial charge in [-0.05, 0) is 45.6 Å². The normalized spacial score (nSPS) is 27.1. The maximum absolute atomic E-state index is 11.9. The average molecular weight is 276 g/mol. The van der Waals surface area contributed by atoms with Crippen molar-refractivity contribution >= 4 is 10.0 Å². The van der Waals surface area contributed by atoms with Crippen LogP contribution in [0.2, 0.25) is 0 Å². The quantitative estimate of drug-likeness (QED) is 0.698. The fourth-order valence-corrected chi connectivity index (χ4v) is 4.03. The fourth-order valence-electron chi connectivity index (χ4n) is 2.87. The van der Waals surface area contributed by atoms with Crippen LogP contribution in [0, 0.1) is 0 Å². The van der Waals surface area contributed by atoms with Crippen molar-refractivity contribution in [1.29, 1.82) is 0 Å². The first kappa shape index (κ1) is 14.2. The summed E-state index contributed by atoms with van der Waals surface area (Å²) >= 11 is 0. The summed E-state index contributed by atoms with van der Waals surface area (Å²) in [5, 5.41) is 3.54. The molecule has 0 aromatic carbocycles. The third kappa shape index (κ3) is 3.66. The number of hydrogen-bond donors (Lipinski definition) is 2. The van der Waals surface area contributed by atoms with E-state index in [9.17, 15) is 8.42 Å². The van der Waals surface area contributed by atoms with Crippen molar-refractivity contribution in [1.82, 2.24) is 10.0 Å². The third-order valence-electron chi connectivity index (χ3n) is 3.99. The summed E-state index contributed by atoms with van der Waals surface area (Å²) in [6.07, 6.45) is 5.45. The molecule has 1 saturated carbocycles. The lowest BCUT2D eigenvalue weighted by Gasteiger charge is -2.48. The molecule has 1 heterocycles. The van der Waals surface area contributed by atoms with Crippen LogP contribution < -0.4 is 10.0 Å². The third-order valence-corrected chi connectivity index (χ3v) is 5.38. The topological polar surface area (TPSA) is 67.4 Å². The Morgan fingerprint density at radius 1 is 1.44 bits per heavy atom. The van der Waals surface area contributed by atoms with Crippen molar-refractivity contribution in [3.05, 3.63) is 0 Å². The van der Waals surface area contributed by atoms with Crippen LogP contribution in [0.1, 0.15) is 39.0 Å². The van der Waals surface area contributed by atoms with E-state index in [4.69, 9.17) is 4.74 Å². The molecule has 2 N–H and O–H groups in total. The van der Waals surface area contributed by atoms with Gasteiger partial charge in [-0.3, -0.25) is 0 Å². The van der Waals surface area contributed by atoms with Gasteiger partial charge in [-0.2, -0.15) is 0 Å². The second-order valence-electron chi connectivity index (χ2n) is 5.38. The van der Waals surface area contributed by atoms with Crippen molar-refractivity contribution in [3.8, 4) is 0 Å². The minimum atomic E-state index is -3.19. The molecule has 0 bridgehead atoms. The predicted octanol–water partition coefficient (Wildman–Crippen LogP) is 0.617. The molecule has 18 heavy (non-hydrogen) atoms. The number of nitrogens with one attached hydrogen (secondary N) is 2. The van der Waals surface area contributed by atoms with E-state index in [1.54, 1.807) is 0 Å². The average Bonchev–Trinajstić information content (AvgIpc) is 2.27. The highest BCUT2D eigenvalue weighted by Crippen LogP contribution is 2.38. The fraction of sp³-hybridized carbons (Fsp3) is 1.00. The Kier molecular flexibility index (Phi) is 4.64. The maximum Gasteiger partial charge on any atom is 0.214 e. The zero-order valence-electron chi connectivity index (χ0n) is 11.1. The SMILES string of the molecule is CCOCCS(=O)(=O)NC1CCNC2(CCC2)C1. The summed E-state index contributed by atoms with van der Waals surface area (Å²) in [7, 11) is -3.19. The first-order valence-electron chi connectivity index (χ1n) is 6.88. The zero-order chi connectivity index (χ0) is 13.1. The summed E-state index contributed by atoms with van der Waals surface area (Å²) in [6.45, 7) is 3.62. The molecule has 5 nitrogen and oxygen atoms in total. The van der Waals surface area contributed by atoms with Crippen LogP contribution in [-0.4, -0.2) is 45.5 Å². The molecule has 1 atom stereocenters. The van der Waals surface area contributed by atoms with E-state index in [1.165, 1.54) is 19.3 Å². The van der Waals surface area contributed by atoms with Gasteiger partial charge in [0.2, 0.25) is 10.0 Å². The first-order valence-corrected chi connectivity index (χ1v) is 8.53. The first-order chi connectivity index (χ1) is 8.55. The predicted molar refractivity (Wildman–Crippen MR) is 71.0 cm³/mol. The van der Waals surface area contributed by atoms with Crippen LogP contribution in [0.4, 0.5) is 0 Å². The Balaban J connectivity index is 1.81. The lowest BCUT2D eigenvalue weighted by atomic mass is 9.70. The molecule has 106 valence electrons. The summed E-state index contributed by atoms with van der Waals surface area (Å²) in [5.41, 5.74) is 0.228. The monoisotopic (exact) mass is 276 g/mol. The molecule has 1 spiro atoms. The number of sulfonamides is 1. The van der Waals surface area contributed by atoms with Gasteiger partial charge < -0.3 is 10.1 Å². The van der Waals surface area contributed by atoms with Gasteiger partial charge in [0, 0.05) is 18.2 Å². The molecule has 2 rings (SSSR count). The van der Waals surface area contributed by atoms with Crippen molar-refractivity contribution in [3.63, 3.8) is 0 Å². The highest BCUT2D eigenvalue weighted by Gasteiger charge is 2.41. The Morgan fingerprint density at radius 3 is 2.83 bits per heavy atom. The highest BCUT2D eigenvalue weighted by molar-refractivity contribution is 7.89. The van der Waals surface area contributed by atoms with Crippen molar-refractivity contribution < 1.29 is 13.2 Å². The largest absolute Gasteiger partial charge is 0.381 e. The molecular weight excluding hydrogens is 252 g/mol. The van der Waals surface area contributed by atoms with Crippen LogP contribution in [0.15, 0.2) is 0 Å². The van der Waals surface area contributed by atoms with Crippen LogP contribution in [0.25, 0.3) is 0 Å². The minimum absolute atomic E-state index is 0.0672. The van der Waals surface area contributed by atoms with E-state index in [1.807, 2.05) is 6.92 Å². The number of hydrogen-bond acceptors (Lipinski definition) is 4. The van der Waals surface area contributed by atoms with Gasteiger partial charge in [-0.1, -0.05) is 0 Å². The Labute approximate surface area is 110 Å². The van der Waals surface area contributed by atoms with Gasteiger partial charge in [0.1, 0.15) is 0 Å². The van der Waals surface area contributed by atoms with Gasteiger partial charge >= 0.3 is 0 Å². The molecular formula is C12H24N2O3S. The maximum atomic E-state index is 11.9. The van der Waals surface area contributed by atoms with Gasteiger partial charge in [0.05, 0.1) is 12.4 Å². The van der Waals surface area contributed by atoms with Crippen LogP contribution in [0.5, 0.6) is 0 Å².